The summed E-state index contributed by atoms with van der Waals surface area (Å²) in [5, 5.41) is 4.72. The lowest BCUT2D eigenvalue weighted by molar-refractivity contribution is 0.464. The van der Waals surface area contributed by atoms with Crippen LogP contribution < -0.4 is 5.73 Å². The summed E-state index contributed by atoms with van der Waals surface area (Å²) in [5.41, 5.74) is 9.01. The van der Waals surface area contributed by atoms with E-state index in [1.807, 2.05) is 24.8 Å². The van der Waals surface area contributed by atoms with Gasteiger partial charge in [0, 0.05) is 22.5 Å². The molecule has 0 radical (unpaired) electrons. The first kappa shape index (κ1) is 13.6. The van der Waals surface area contributed by atoms with Gasteiger partial charge >= 0.3 is 0 Å². The highest BCUT2D eigenvalue weighted by Gasteiger charge is 2.17. The van der Waals surface area contributed by atoms with Gasteiger partial charge in [0.05, 0.1) is 11.7 Å². The van der Waals surface area contributed by atoms with Crippen LogP contribution in [0.1, 0.15) is 43.0 Å². The second-order valence-corrected chi connectivity index (χ2v) is 6.58. The lowest BCUT2D eigenvalue weighted by Crippen LogP contribution is -2.05. The maximum atomic E-state index is 5.84. The standard InChI is InChI=1S/C16H21N3S/c1-12-10-15(6-7-16(12)17)20-11-13-8-9-19(18-13)14-4-2-3-5-14/h6-10,14H,2-5,11,17H2,1H3. The van der Waals surface area contributed by atoms with Crippen LogP contribution in [0.25, 0.3) is 0 Å². The van der Waals surface area contributed by atoms with Gasteiger partial charge in [-0.15, -0.1) is 11.8 Å². The van der Waals surface area contributed by atoms with E-state index < -0.39 is 0 Å². The molecule has 1 aliphatic rings. The molecule has 0 saturated heterocycles. The lowest BCUT2D eigenvalue weighted by Gasteiger charge is -2.08. The predicted octanol–water partition coefficient (Wildman–Crippen LogP) is 4.18. The van der Waals surface area contributed by atoms with Gasteiger partial charge in [-0.3, -0.25) is 4.68 Å². The van der Waals surface area contributed by atoms with E-state index in [0.29, 0.717) is 6.04 Å². The normalized spacial score (nSPS) is 15.8. The molecule has 1 aliphatic carbocycles. The summed E-state index contributed by atoms with van der Waals surface area (Å²) in [4.78, 5) is 1.26. The zero-order chi connectivity index (χ0) is 13.9. The first-order valence-corrected chi connectivity index (χ1v) is 8.24. The molecule has 1 aromatic carbocycles. The van der Waals surface area contributed by atoms with Gasteiger partial charge < -0.3 is 5.73 Å². The van der Waals surface area contributed by atoms with Crippen LogP contribution in [0.15, 0.2) is 35.4 Å². The van der Waals surface area contributed by atoms with Crippen LogP contribution in [0, 0.1) is 6.92 Å². The summed E-state index contributed by atoms with van der Waals surface area (Å²) < 4.78 is 2.16. The molecule has 4 heteroatoms. The number of rotatable bonds is 4. The maximum absolute atomic E-state index is 5.84. The molecule has 0 atom stereocenters. The van der Waals surface area contributed by atoms with Crippen LogP contribution in [0.3, 0.4) is 0 Å². The minimum atomic E-state index is 0.632. The van der Waals surface area contributed by atoms with Crippen molar-refractivity contribution in [2.45, 2.75) is 49.3 Å². The number of benzene rings is 1. The Hall–Kier alpha value is -1.42. The molecule has 106 valence electrons. The summed E-state index contributed by atoms with van der Waals surface area (Å²) in [7, 11) is 0. The Labute approximate surface area is 124 Å². The topological polar surface area (TPSA) is 43.8 Å². The Bertz CT molecular complexity index is 585. The molecule has 0 unspecified atom stereocenters. The van der Waals surface area contributed by atoms with E-state index in [1.54, 1.807) is 0 Å². The molecule has 1 aromatic heterocycles. The Morgan fingerprint density at radius 2 is 2.10 bits per heavy atom. The van der Waals surface area contributed by atoms with Crippen molar-refractivity contribution in [2.24, 2.45) is 0 Å². The number of hydrogen-bond donors (Lipinski definition) is 1. The third-order valence-electron chi connectivity index (χ3n) is 3.99. The molecule has 2 aromatic rings. The Morgan fingerprint density at radius 3 is 2.85 bits per heavy atom. The summed E-state index contributed by atoms with van der Waals surface area (Å²) in [6, 6.07) is 8.99. The summed E-state index contributed by atoms with van der Waals surface area (Å²) in [6.45, 7) is 2.05. The van der Waals surface area contributed by atoms with Gasteiger partial charge in [0.2, 0.25) is 0 Å². The summed E-state index contributed by atoms with van der Waals surface area (Å²) >= 11 is 1.82. The van der Waals surface area contributed by atoms with Crippen LogP contribution in [0.4, 0.5) is 5.69 Å². The van der Waals surface area contributed by atoms with E-state index in [0.717, 1.165) is 22.7 Å². The van der Waals surface area contributed by atoms with Crippen LogP contribution >= 0.6 is 11.8 Å². The average molecular weight is 287 g/mol. The minimum Gasteiger partial charge on any atom is -0.399 e. The lowest BCUT2D eigenvalue weighted by atomic mass is 10.2. The van der Waals surface area contributed by atoms with Crippen molar-refractivity contribution >= 4 is 17.4 Å². The number of aromatic nitrogens is 2. The third kappa shape index (κ3) is 3.01. The molecule has 0 bridgehead atoms. The number of nitrogens with zero attached hydrogens (tertiary/aromatic N) is 2. The van der Waals surface area contributed by atoms with E-state index in [9.17, 15) is 0 Å². The molecule has 1 fully saturated rings. The van der Waals surface area contributed by atoms with Crippen LogP contribution in [-0.2, 0) is 5.75 Å². The van der Waals surface area contributed by atoms with E-state index >= 15 is 0 Å². The molecule has 0 amide bonds. The molecule has 0 aliphatic heterocycles. The van der Waals surface area contributed by atoms with Gasteiger partial charge in [0.1, 0.15) is 0 Å². The summed E-state index contributed by atoms with van der Waals surface area (Å²) in [6.07, 6.45) is 7.40. The number of nitrogens with two attached hydrogens (primary N) is 1. The van der Waals surface area contributed by atoms with Gasteiger partial charge in [-0.25, -0.2) is 0 Å². The van der Waals surface area contributed by atoms with Gasteiger partial charge in [-0.1, -0.05) is 12.8 Å². The first-order chi connectivity index (χ1) is 9.72. The zero-order valence-electron chi connectivity index (χ0n) is 11.9. The van der Waals surface area contributed by atoms with Crippen molar-refractivity contribution in [1.29, 1.82) is 0 Å². The largest absolute Gasteiger partial charge is 0.399 e. The molecule has 0 spiro atoms. The Kier molecular flexibility index (Phi) is 4.01. The molecule has 3 nitrogen and oxygen atoms in total. The van der Waals surface area contributed by atoms with E-state index in [4.69, 9.17) is 10.8 Å². The van der Waals surface area contributed by atoms with Crippen molar-refractivity contribution in [3.05, 3.63) is 41.7 Å². The molecule has 3 rings (SSSR count). The Balaban J connectivity index is 1.61. The fourth-order valence-electron chi connectivity index (χ4n) is 2.72. The number of anilines is 1. The quantitative estimate of drug-likeness (QED) is 0.677. The number of aryl methyl sites for hydroxylation is 1. The maximum Gasteiger partial charge on any atom is 0.0727 e. The van der Waals surface area contributed by atoms with E-state index in [1.165, 1.54) is 30.6 Å². The summed E-state index contributed by atoms with van der Waals surface area (Å²) in [5.74, 6) is 0.920. The molecule has 20 heavy (non-hydrogen) atoms. The molecule has 1 heterocycles. The van der Waals surface area contributed by atoms with Crippen molar-refractivity contribution in [3.63, 3.8) is 0 Å². The van der Waals surface area contributed by atoms with E-state index in [2.05, 4.69) is 29.1 Å². The van der Waals surface area contributed by atoms with Gasteiger partial charge in [0.15, 0.2) is 0 Å². The average Bonchev–Trinajstić information content (AvgIpc) is 3.09. The fourth-order valence-corrected chi connectivity index (χ4v) is 3.61. The molecule has 2 N–H and O–H groups in total. The molecule has 1 saturated carbocycles. The fraction of sp³-hybridized carbons (Fsp3) is 0.438. The van der Waals surface area contributed by atoms with E-state index in [-0.39, 0.29) is 0 Å². The van der Waals surface area contributed by atoms with Crippen molar-refractivity contribution in [2.75, 3.05) is 5.73 Å². The number of nitrogen functional groups attached to an aromatic ring is 1. The predicted molar refractivity (Wildman–Crippen MR) is 84.9 cm³/mol. The highest BCUT2D eigenvalue weighted by molar-refractivity contribution is 7.98. The highest BCUT2D eigenvalue weighted by atomic mass is 32.2. The Morgan fingerprint density at radius 1 is 1.30 bits per heavy atom. The smallest absolute Gasteiger partial charge is 0.0727 e. The number of thioether (sulfide) groups is 1. The van der Waals surface area contributed by atoms with Crippen LogP contribution in [-0.4, -0.2) is 9.78 Å². The van der Waals surface area contributed by atoms with Crippen molar-refractivity contribution in [1.82, 2.24) is 9.78 Å². The van der Waals surface area contributed by atoms with Gasteiger partial charge in [-0.05, 0) is 49.6 Å². The van der Waals surface area contributed by atoms with Crippen molar-refractivity contribution < 1.29 is 0 Å². The second-order valence-electron chi connectivity index (χ2n) is 5.53. The van der Waals surface area contributed by atoms with Crippen molar-refractivity contribution in [3.8, 4) is 0 Å². The van der Waals surface area contributed by atoms with Gasteiger partial charge in [0.25, 0.3) is 0 Å². The monoisotopic (exact) mass is 287 g/mol. The third-order valence-corrected chi connectivity index (χ3v) is 5.02. The zero-order valence-corrected chi connectivity index (χ0v) is 12.7. The molecular formula is C16H21N3S. The SMILES string of the molecule is Cc1cc(SCc2ccn(C3CCCC3)n2)ccc1N. The minimum absolute atomic E-state index is 0.632. The van der Waals surface area contributed by atoms with Gasteiger partial charge in [-0.2, -0.15) is 5.10 Å². The highest BCUT2D eigenvalue weighted by Crippen LogP contribution is 2.30. The second kappa shape index (κ2) is 5.92. The van der Waals surface area contributed by atoms with Crippen LogP contribution in [0.2, 0.25) is 0 Å². The molecular weight excluding hydrogens is 266 g/mol. The van der Waals surface area contributed by atoms with Crippen LogP contribution in [0.5, 0.6) is 0 Å². The first-order valence-electron chi connectivity index (χ1n) is 7.25. The number of hydrogen-bond acceptors (Lipinski definition) is 3.